The number of rotatable bonds is 30. The number of aliphatic hydroxyl groups is 4. The number of nitrogens with zero attached hydrogens (tertiary/aromatic N) is 3. The third kappa shape index (κ3) is 83.0. The smallest absolute Gasteiger partial charge is 0.225 e. The van der Waals surface area contributed by atoms with Gasteiger partial charge < -0.3 is 97.7 Å². The molecule has 15 N–H and O–H groups in total. The van der Waals surface area contributed by atoms with Gasteiger partial charge in [0, 0.05) is 189 Å². The number of methoxy groups -OCH3 is 1. The predicted molar refractivity (Wildman–Crippen MR) is 452 cm³/mol. The van der Waals surface area contributed by atoms with Crippen molar-refractivity contribution >= 4 is 53.2 Å². The van der Waals surface area contributed by atoms with E-state index in [-0.39, 0.29) is 134 Å². The molecule has 1 unspecified atom stereocenters. The number of hydrogen-bond acceptors (Lipinski definition) is 22. The van der Waals surface area contributed by atoms with E-state index in [0.29, 0.717) is 91.8 Å². The Hall–Kier alpha value is -5.29. The molecule has 3 heterocycles. The van der Waals surface area contributed by atoms with Gasteiger partial charge in [-0.25, -0.2) is 0 Å². The van der Waals surface area contributed by atoms with Crippen molar-refractivity contribution in [3.63, 3.8) is 0 Å². The Kier molecular flexibility index (Phi) is 67.9. The summed E-state index contributed by atoms with van der Waals surface area (Å²) in [4.78, 5) is 107. The maximum absolute atomic E-state index is 11.6. The molecule has 113 heavy (non-hydrogen) atoms. The van der Waals surface area contributed by atoms with Crippen LogP contribution in [0, 0.1) is 48.7 Å². The van der Waals surface area contributed by atoms with Gasteiger partial charge in [0.1, 0.15) is 0 Å². The molecule has 3 aliphatic rings. The van der Waals surface area contributed by atoms with Crippen molar-refractivity contribution in [1.29, 1.82) is 0 Å². The summed E-state index contributed by atoms with van der Waals surface area (Å²) in [5.74, 6) is 0.230. The summed E-state index contributed by atoms with van der Waals surface area (Å²) in [5, 5.41) is 60.2. The van der Waals surface area contributed by atoms with Gasteiger partial charge in [0.2, 0.25) is 53.2 Å². The summed E-state index contributed by atoms with van der Waals surface area (Å²) in [5.41, 5.74) is 2.93. The van der Waals surface area contributed by atoms with Crippen LogP contribution in [-0.4, -0.2) is 305 Å². The van der Waals surface area contributed by atoms with Crippen molar-refractivity contribution in [1.82, 2.24) is 62.6 Å². The first-order valence-corrected chi connectivity index (χ1v) is 40.4. The number of ether oxygens (including phenoxy) is 5. The molecule has 3 rings (SSSR count). The molecule has 0 saturated carbocycles. The molecule has 672 valence electrons. The van der Waals surface area contributed by atoms with Crippen LogP contribution in [0.4, 0.5) is 0 Å². The van der Waals surface area contributed by atoms with Gasteiger partial charge in [-0.2, -0.15) is 0 Å². The summed E-state index contributed by atoms with van der Waals surface area (Å²) in [7, 11) is 1.63. The van der Waals surface area contributed by atoms with E-state index < -0.39 is 0 Å². The Morgan fingerprint density at radius 3 is 1.09 bits per heavy atom. The molecule has 0 spiro atoms. The quantitative estimate of drug-likeness (QED) is 0.0441. The van der Waals surface area contributed by atoms with Gasteiger partial charge >= 0.3 is 0 Å². The van der Waals surface area contributed by atoms with E-state index in [1.54, 1.807) is 7.11 Å². The van der Waals surface area contributed by atoms with Gasteiger partial charge in [0.25, 0.3) is 0 Å². The highest BCUT2D eigenvalue weighted by atomic mass is 16.5. The van der Waals surface area contributed by atoms with E-state index in [4.69, 9.17) is 49.8 Å². The monoisotopic (exact) mass is 1630 g/mol. The second-order valence-electron chi connectivity index (χ2n) is 37.3. The Morgan fingerprint density at radius 1 is 0.425 bits per heavy atom. The molecule has 3 aliphatic heterocycles. The van der Waals surface area contributed by atoms with E-state index in [9.17, 15) is 43.2 Å². The molecule has 0 aromatic heterocycles. The summed E-state index contributed by atoms with van der Waals surface area (Å²) >= 11 is 0. The van der Waals surface area contributed by atoms with E-state index in [1.807, 2.05) is 171 Å². The SMILES string of the molecule is CC(=O)NCC(C)(C)C.CC(C)(C)C(=O)NCC1CCCO1.CC(C)(C)C(=O)NCCN(CCO)CCO.CC(C)(C)C(=O)NCCN1CCNCC1.CC(C)(C)C(=O)NCCN1CCOCC1.CC(C)(C)C(=O)NCCO.CC(C)(C)C(=O)NCCOCCO.CC(C)(C)CC(N)=O.COCCOCCNC(=O)C(C)(C)C. The molecule has 3 saturated heterocycles. The zero-order valence-electron chi connectivity index (χ0n) is 76.5. The van der Waals surface area contributed by atoms with Gasteiger partial charge in [0.15, 0.2) is 0 Å². The molecule has 3 fully saturated rings. The van der Waals surface area contributed by atoms with Gasteiger partial charge in [-0.05, 0) is 23.7 Å². The zero-order valence-corrected chi connectivity index (χ0v) is 76.5. The highest BCUT2D eigenvalue weighted by molar-refractivity contribution is 5.84. The Morgan fingerprint density at radius 2 is 0.788 bits per heavy atom. The molecule has 9 amide bonds. The van der Waals surface area contributed by atoms with E-state index >= 15 is 0 Å². The van der Waals surface area contributed by atoms with E-state index in [2.05, 4.69) is 78.4 Å². The normalized spacial score (nSPS) is 14.8. The number of piperazine rings is 1. The van der Waals surface area contributed by atoms with Crippen LogP contribution in [0.1, 0.15) is 213 Å². The average molecular weight is 1630 g/mol. The second kappa shape index (κ2) is 64.7. The first-order chi connectivity index (χ1) is 51.7. The van der Waals surface area contributed by atoms with Crippen LogP contribution in [0.2, 0.25) is 0 Å². The van der Waals surface area contributed by atoms with Crippen LogP contribution in [0.5, 0.6) is 0 Å². The summed E-state index contributed by atoms with van der Waals surface area (Å²) in [6.07, 6.45) is 2.90. The second-order valence-corrected chi connectivity index (χ2v) is 37.3. The number of carbonyl (C=O) groups is 9. The van der Waals surface area contributed by atoms with Crippen LogP contribution < -0.4 is 53.6 Å². The van der Waals surface area contributed by atoms with Crippen molar-refractivity contribution in [3.8, 4) is 0 Å². The summed E-state index contributed by atoms with van der Waals surface area (Å²) in [6.45, 7) is 73.1. The summed E-state index contributed by atoms with van der Waals surface area (Å²) < 4.78 is 25.6. The van der Waals surface area contributed by atoms with E-state index in [0.717, 1.165) is 105 Å². The molecular weight excluding hydrogens is 1450 g/mol. The van der Waals surface area contributed by atoms with Crippen LogP contribution in [0.3, 0.4) is 0 Å². The number of morpholine rings is 1. The fourth-order valence-corrected chi connectivity index (χ4v) is 8.19. The fourth-order valence-electron chi connectivity index (χ4n) is 8.19. The number of aliphatic hydroxyl groups excluding tert-OH is 4. The third-order valence-corrected chi connectivity index (χ3v) is 15.3. The topological polar surface area (TPSA) is 425 Å². The highest BCUT2D eigenvalue weighted by Crippen LogP contribution is 2.19. The lowest BCUT2D eigenvalue weighted by atomic mass is 9.92. The largest absolute Gasteiger partial charge is 0.395 e. The summed E-state index contributed by atoms with van der Waals surface area (Å²) in [6, 6.07) is 0. The Balaban J connectivity index is -0.000000287. The molecule has 1 atom stereocenters. The first kappa shape index (κ1) is 119. The minimum atomic E-state index is -0.376. The lowest BCUT2D eigenvalue weighted by Gasteiger charge is -2.27. The number of amides is 9. The van der Waals surface area contributed by atoms with E-state index in [1.165, 1.54) is 6.92 Å². The highest BCUT2D eigenvalue weighted by Gasteiger charge is 2.27. The number of hydrogen-bond donors (Lipinski definition) is 14. The maximum atomic E-state index is 11.6. The number of nitrogens with one attached hydrogen (secondary N) is 9. The van der Waals surface area contributed by atoms with Crippen LogP contribution in [0.15, 0.2) is 0 Å². The molecule has 0 bridgehead atoms. The van der Waals surface area contributed by atoms with Crippen molar-refractivity contribution in [2.24, 2.45) is 54.5 Å². The number of carbonyl (C=O) groups excluding carboxylic acids is 9. The number of primary amides is 1. The lowest BCUT2D eigenvalue weighted by molar-refractivity contribution is -0.129. The lowest BCUT2D eigenvalue weighted by Crippen LogP contribution is -2.47. The van der Waals surface area contributed by atoms with Gasteiger partial charge in [-0.1, -0.05) is 187 Å². The zero-order chi connectivity index (χ0) is 88.9. The van der Waals surface area contributed by atoms with Crippen LogP contribution >= 0.6 is 0 Å². The third-order valence-electron chi connectivity index (χ3n) is 15.3. The van der Waals surface area contributed by atoms with Crippen molar-refractivity contribution < 1.29 is 87.3 Å². The van der Waals surface area contributed by atoms with Crippen molar-refractivity contribution in [3.05, 3.63) is 0 Å². The molecule has 0 aromatic carbocycles. The van der Waals surface area contributed by atoms with Gasteiger partial charge in [-0.3, -0.25) is 57.9 Å². The molecule has 0 radical (unpaired) electrons. The molecule has 0 aromatic rings. The minimum Gasteiger partial charge on any atom is -0.395 e. The van der Waals surface area contributed by atoms with Gasteiger partial charge in [-0.15, -0.1) is 0 Å². The molecular formula is C82H171N13O18. The van der Waals surface area contributed by atoms with Crippen LogP contribution in [0.25, 0.3) is 0 Å². The number of nitrogens with two attached hydrogens (primary N) is 1. The predicted octanol–water partition coefficient (Wildman–Crippen LogP) is 4.48. The van der Waals surface area contributed by atoms with Crippen molar-refractivity contribution in [2.45, 2.75) is 219 Å². The first-order valence-electron chi connectivity index (χ1n) is 40.4. The Labute approximate surface area is 684 Å². The average Bonchev–Trinajstić information content (AvgIpc) is 1.80. The van der Waals surface area contributed by atoms with Crippen LogP contribution in [-0.2, 0) is 66.8 Å². The maximum Gasteiger partial charge on any atom is 0.225 e. The molecule has 0 aliphatic carbocycles. The fraction of sp³-hybridized carbons (Fsp3) is 0.890. The molecule has 31 nitrogen and oxygen atoms in total. The van der Waals surface area contributed by atoms with Gasteiger partial charge in [0.05, 0.1) is 78.8 Å². The molecule has 31 heteroatoms. The Bertz CT molecular complexity index is 2420. The minimum absolute atomic E-state index is 0.00181. The van der Waals surface area contributed by atoms with Crippen molar-refractivity contribution in [2.75, 3.05) is 211 Å². The standard InChI is InChI=1S/C11H23N3O.C11H24N2O3.C11H22N2O2.C10H21NO3.C10H19NO2.C9H19NO3.C7H15NO2.C7H15NO.C6H13NO/c1-11(2,3)10(15)13-6-9-14-7-4-12-5-8-14;1-11(2,3)10(16)12-4-5-13(6-8-14)7-9-15;1-11(2,3)10(14)12-4-5-13-6-8-15-9-7-13;1-10(2,3)9(12)11-5-6-14-8-7-13-4;1-10(2,3)9(12)11-7-8-5-4-6-13-8;1-9(2,3)8(12)10-4-6-13-7-5-11;1-7(2,3)6(10)8-4-5-9;1-6(9)8-5-7(2,3)4;1-6(2,3)4-5(7)8/h12H,4-9H2,1-3H3,(H,13,15);14-15H,4-9H2,1-3H3,(H,12,16);4-9H2,1-3H3,(H,12,14);5-8H2,1-4H3,(H,11,12);8H,4-7H2,1-3H3,(H,11,12);11H,4-7H2,1-3H3,(H,10,12);9H,4-5H2,1-3H3,(H,8,10);5H2,1-4H3,(H,8,9);4H2,1-3H3,(H2,7,8).